The molecule has 0 atom stereocenters. The van der Waals surface area contributed by atoms with Crippen LogP contribution in [0, 0.1) is 6.07 Å². The molecule has 55 valence electrons. The monoisotopic (exact) mass is 145 g/mol. The van der Waals surface area contributed by atoms with Crippen molar-refractivity contribution >= 4 is 11.9 Å². The summed E-state index contributed by atoms with van der Waals surface area (Å²) >= 11 is 0. The largest absolute Gasteiger partial charge is 0.266 e. The van der Waals surface area contributed by atoms with Gasteiger partial charge in [0, 0.05) is 19.2 Å². The molecule has 1 heterocycles. The van der Waals surface area contributed by atoms with Gasteiger partial charge in [0.2, 0.25) is 0 Å². The van der Waals surface area contributed by atoms with Crippen LogP contribution in [-0.4, -0.2) is 12.8 Å². The Kier molecular flexibility index (Phi) is 1.60. The number of hydrazone groups is 1. The van der Waals surface area contributed by atoms with Crippen LogP contribution < -0.4 is 5.01 Å². The van der Waals surface area contributed by atoms with Gasteiger partial charge in [0.15, 0.2) is 0 Å². The van der Waals surface area contributed by atoms with E-state index >= 15 is 0 Å². The Bertz CT molecular complexity index is 254. The molecule has 2 nitrogen and oxygen atoms in total. The Morgan fingerprint density at radius 3 is 2.82 bits per heavy atom. The first-order valence-corrected chi connectivity index (χ1v) is 3.73. The lowest BCUT2D eigenvalue weighted by molar-refractivity contribution is 0.922. The second kappa shape index (κ2) is 2.74. The average molecular weight is 145 g/mol. The average Bonchev–Trinajstić information content (AvgIpc) is 2.58. The predicted molar refractivity (Wildman–Crippen MR) is 45.7 cm³/mol. The van der Waals surface area contributed by atoms with Crippen LogP contribution >= 0.6 is 0 Å². The molecule has 1 aromatic rings. The van der Waals surface area contributed by atoms with Crippen molar-refractivity contribution in [2.75, 3.05) is 11.6 Å². The predicted octanol–water partition coefficient (Wildman–Crippen LogP) is 1.68. The molecule has 0 saturated carbocycles. The molecule has 2 heteroatoms. The fourth-order valence-corrected chi connectivity index (χ4v) is 1.14. The molecule has 0 bridgehead atoms. The molecule has 0 spiro atoms. The molecule has 2 rings (SSSR count). The van der Waals surface area contributed by atoms with Gasteiger partial charge < -0.3 is 0 Å². The SMILES string of the molecule is [c]1ccc(N2CCC=N2)cc1. The van der Waals surface area contributed by atoms with E-state index in [1.54, 1.807) is 0 Å². The van der Waals surface area contributed by atoms with Crippen LogP contribution in [0.2, 0.25) is 0 Å². The van der Waals surface area contributed by atoms with Crippen molar-refractivity contribution in [2.24, 2.45) is 5.10 Å². The first kappa shape index (κ1) is 6.40. The summed E-state index contributed by atoms with van der Waals surface area (Å²) in [6.07, 6.45) is 3.00. The molecule has 0 aromatic heterocycles. The highest BCUT2D eigenvalue weighted by Gasteiger charge is 2.06. The van der Waals surface area contributed by atoms with E-state index in [0.29, 0.717) is 0 Å². The number of hydrogen-bond donors (Lipinski definition) is 0. The number of anilines is 1. The topological polar surface area (TPSA) is 15.6 Å². The number of hydrogen-bond acceptors (Lipinski definition) is 2. The van der Waals surface area contributed by atoms with Gasteiger partial charge in [-0.05, 0) is 18.2 Å². The van der Waals surface area contributed by atoms with E-state index < -0.39 is 0 Å². The van der Waals surface area contributed by atoms with Crippen LogP contribution in [0.15, 0.2) is 29.4 Å². The molecule has 0 unspecified atom stereocenters. The summed E-state index contributed by atoms with van der Waals surface area (Å²) in [5.41, 5.74) is 1.15. The van der Waals surface area contributed by atoms with Crippen molar-refractivity contribution in [3.05, 3.63) is 30.3 Å². The summed E-state index contributed by atoms with van der Waals surface area (Å²) in [4.78, 5) is 0. The zero-order chi connectivity index (χ0) is 7.52. The lowest BCUT2D eigenvalue weighted by Crippen LogP contribution is -2.11. The molecule has 11 heavy (non-hydrogen) atoms. The summed E-state index contributed by atoms with van der Waals surface area (Å²) in [5, 5.41) is 6.19. The molecule has 0 fully saturated rings. The van der Waals surface area contributed by atoms with Crippen molar-refractivity contribution in [1.29, 1.82) is 0 Å². The van der Waals surface area contributed by atoms with Crippen LogP contribution in [0.1, 0.15) is 6.42 Å². The van der Waals surface area contributed by atoms with E-state index in [4.69, 9.17) is 0 Å². The Morgan fingerprint density at radius 2 is 2.18 bits per heavy atom. The minimum atomic E-state index is 1.00. The van der Waals surface area contributed by atoms with Gasteiger partial charge in [-0.3, -0.25) is 5.01 Å². The third-order valence-corrected chi connectivity index (χ3v) is 1.69. The second-order valence-electron chi connectivity index (χ2n) is 2.47. The van der Waals surface area contributed by atoms with Crippen LogP contribution in [0.5, 0.6) is 0 Å². The van der Waals surface area contributed by atoms with E-state index in [9.17, 15) is 0 Å². The molecule has 1 aliphatic rings. The Morgan fingerprint density at radius 1 is 1.36 bits per heavy atom. The van der Waals surface area contributed by atoms with Gasteiger partial charge in [-0.2, -0.15) is 5.10 Å². The van der Waals surface area contributed by atoms with E-state index in [-0.39, 0.29) is 0 Å². The molecule has 0 aliphatic carbocycles. The van der Waals surface area contributed by atoms with Crippen LogP contribution in [0.25, 0.3) is 0 Å². The zero-order valence-electron chi connectivity index (χ0n) is 6.20. The fourth-order valence-electron chi connectivity index (χ4n) is 1.14. The van der Waals surface area contributed by atoms with Gasteiger partial charge in [0.25, 0.3) is 0 Å². The number of rotatable bonds is 1. The van der Waals surface area contributed by atoms with Crippen molar-refractivity contribution in [3.8, 4) is 0 Å². The van der Waals surface area contributed by atoms with Crippen molar-refractivity contribution in [3.63, 3.8) is 0 Å². The summed E-state index contributed by atoms with van der Waals surface area (Å²) in [5.74, 6) is 0. The number of nitrogens with zero attached hydrogens (tertiary/aromatic N) is 2. The lowest BCUT2D eigenvalue weighted by atomic mass is 10.3. The smallest absolute Gasteiger partial charge is 0.0594 e. The second-order valence-corrected chi connectivity index (χ2v) is 2.47. The van der Waals surface area contributed by atoms with E-state index in [1.807, 2.05) is 35.5 Å². The highest BCUT2D eigenvalue weighted by molar-refractivity contribution is 5.65. The summed E-state index contributed by atoms with van der Waals surface area (Å²) in [6, 6.07) is 10.8. The van der Waals surface area contributed by atoms with Crippen molar-refractivity contribution in [2.45, 2.75) is 6.42 Å². The van der Waals surface area contributed by atoms with E-state index in [1.165, 1.54) is 0 Å². The molecular weight excluding hydrogens is 136 g/mol. The van der Waals surface area contributed by atoms with E-state index in [2.05, 4.69) is 11.2 Å². The fraction of sp³-hybridized carbons (Fsp3) is 0.222. The van der Waals surface area contributed by atoms with Crippen LogP contribution in [-0.2, 0) is 0 Å². The molecule has 1 aliphatic heterocycles. The molecule has 0 amide bonds. The van der Waals surface area contributed by atoms with Gasteiger partial charge in [0.05, 0.1) is 5.69 Å². The van der Waals surface area contributed by atoms with Crippen LogP contribution in [0.3, 0.4) is 0 Å². The van der Waals surface area contributed by atoms with Gasteiger partial charge in [-0.25, -0.2) is 0 Å². The first-order chi connectivity index (χ1) is 5.47. The minimum absolute atomic E-state index is 1.00. The molecular formula is C9H9N2. The highest BCUT2D eigenvalue weighted by atomic mass is 15.5. The van der Waals surface area contributed by atoms with Gasteiger partial charge in [-0.15, -0.1) is 0 Å². The van der Waals surface area contributed by atoms with Gasteiger partial charge >= 0.3 is 0 Å². The Hall–Kier alpha value is -1.31. The molecule has 1 radical (unpaired) electrons. The standard InChI is InChI=1S/C9H9N2/c1-2-5-9(6-3-1)11-8-4-7-10-11/h2-3,5-7H,4,8H2. The zero-order valence-corrected chi connectivity index (χ0v) is 6.20. The summed E-state index contributed by atoms with van der Waals surface area (Å²) in [6.45, 7) is 1.00. The quantitative estimate of drug-likeness (QED) is 0.587. The Labute approximate surface area is 66.1 Å². The maximum absolute atomic E-state index is 4.20. The van der Waals surface area contributed by atoms with Crippen molar-refractivity contribution in [1.82, 2.24) is 0 Å². The third kappa shape index (κ3) is 1.24. The summed E-state index contributed by atoms with van der Waals surface area (Å²) < 4.78 is 0. The Balaban J connectivity index is 2.23. The van der Waals surface area contributed by atoms with Crippen LogP contribution in [0.4, 0.5) is 5.69 Å². The lowest BCUT2D eigenvalue weighted by Gasteiger charge is -2.12. The third-order valence-electron chi connectivity index (χ3n) is 1.69. The van der Waals surface area contributed by atoms with Gasteiger partial charge in [-0.1, -0.05) is 12.1 Å². The maximum atomic E-state index is 4.20. The maximum Gasteiger partial charge on any atom is 0.0594 e. The minimum Gasteiger partial charge on any atom is -0.266 e. The number of benzene rings is 1. The van der Waals surface area contributed by atoms with E-state index in [0.717, 1.165) is 18.7 Å². The van der Waals surface area contributed by atoms with Crippen molar-refractivity contribution < 1.29 is 0 Å². The molecule has 0 N–H and O–H groups in total. The molecule has 1 aromatic carbocycles. The molecule has 0 saturated heterocycles. The highest BCUT2D eigenvalue weighted by Crippen LogP contribution is 2.15. The van der Waals surface area contributed by atoms with Gasteiger partial charge in [0.1, 0.15) is 0 Å². The summed E-state index contributed by atoms with van der Waals surface area (Å²) in [7, 11) is 0. The first-order valence-electron chi connectivity index (χ1n) is 3.73. The normalized spacial score (nSPS) is 15.8.